The Bertz CT molecular complexity index is 1120. The molecule has 1 aromatic heterocycles. The maximum atomic E-state index is 11.6. The monoisotopic (exact) mass is 389 g/mol. The van der Waals surface area contributed by atoms with Crippen molar-refractivity contribution >= 4 is 22.8 Å². The SMILES string of the molecule is CCc1cc(Oc2ncc(C#N)c3ccccc23)ccc1CCC(=O)NC(=O)O. The summed E-state index contributed by atoms with van der Waals surface area (Å²) < 4.78 is 5.99. The minimum Gasteiger partial charge on any atom is -0.465 e. The van der Waals surface area contributed by atoms with Gasteiger partial charge in [-0.15, -0.1) is 0 Å². The first-order chi connectivity index (χ1) is 14.0. The number of benzene rings is 2. The molecule has 29 heavy (non-hydrogen) atoms. The van der Waals surface area contributed by atoms with Gasteiger partial charge in [-0.1, -0.05) is 31.2 Å². The molecule has 0 fully saturated rings. The molecule has 0 aliphatic rings. The number of aryl methyl sites for hydroxylation is 2. The Kier molecular flexibility index (Phi) is 6.05. The van der Waals surface area contributed by atoms with Crippen LogP contribution in [0.3, 0.4) is 0 Å². The molecule has 146 valence electrons. The second kappa shape index (κ2) is 8.85. The van der Waals surface area contributed by atoms with Crippen molar-refractivity contribution in [2.24, 2.45) is 0 Å². The Morgan fingerprint density at radius 2 is 1.93 bits per heavy atom. The van der Waals surface area contributed by atoms with Gasteiger partial charge in [0, 0.05) is 23.4 Å². The predicted octanol–water partition coefficient (Wildman–Crippen LogP) is 4.19. The van der Waals surface area contributed by atoms with Gasteiger partial charge in [-0.3, -0.25) is 10.1 Å². The van der Waals surface area contributed by atoms with Crippen LogP contribution in [0.1, 0.15) is 30.0 Å². The van der Waals surface area contributed by atoms with Crippen LogP contribution in [0.5, 0.6) is 11.6 Å². The van der Waals surface area contributed by atoms with Crippen LogP contribution in [0, 0.1) is 11.3 Å². The smallest absolute Gasteiger partial charge is 0.411 e. The number of nitriles is 1. The molecular formula is C22H19N3O4. The van der Waals surface area contributed by atoms with E-state index in [1.54, 1.807) is 6.07 Å². The molecule has 2 amide bonds. The van der Waals surface area contributed by atoms with E-state index in [0.29, 0.717) is 23.6 Å². The Morgan fingerprint density at radius 3 is 2.62 bits per heavy atom. The van der Waals surface area contributed by atoms with Crippen LogP contribution in [0.4, 0.5) is 4.79 Å². The van der Waals surface area contributed by atoms with E-state index in [2.05, 4.69) is 11.1 Å². The Morgan fingerprint density at radius 1 is 1.17 bits per heavy atom. The largest absolute Gasteiger partial charge is 0.465 e. The summed E-state index contributed by atoms with van der Waals surface area (Å²) in [5.41, 5.74) is 2.44. The normalized spacial score (nSPS) is 10.3. The minimum atomic E-state index is -1.35. The molecule has 2 N–H and O–H groups in total. The van der Waals surface area contributed by atoms with Gasteiger partial charge in [-0.2, -0.15) is 5.26 Å². The van der Waals surface area contributed by atoms with Crippen molar-refractivity contribution in [3.8, 4) is 17.7 Å². The molecule has 7 nitrogen and oxygen atoms in total. The molecule has 0 aliphatic carbocycles. The Hall–Kier alpha value is -3.92. The van der Waals surface area contributed by atoms with Crippen molar-refractivity contribution in [1.29, 1.82) is 5.26 Å². The highest BCUT2D eigenvalue weighted by atomic mass is 16.5. The first kappa shape index (κ1) is 19.8. The number of hydrogen-bond donors (Lipinski definition) is 2. The van der Waals surface area contributed by atoms with Gasteiger partial charge in [0.15, 0.2) is 0 Å². The molecule has 0 radical (unpaired) electrons. The van der Waals surface area contributed by atoms with E-state index in [4.69, 9.17) is 9.84 Å². The van der Waals surface area contributed by atoms with Gasteiger partial charge in [0.25, 0.3) is 0 Å². The standard InChI is InChI=1S/C22H19N3O4/c1-2-14-11-17(9-7-15(14)8-10-20(26)25-22(27)28)29-21-19-6-4-3-5-18(19)16(12-23)13-24-21/h3-7,9,11,13H,2,8,10H2,1H3,(H,25,26)(H,27,28). The fourth-order valence-corrected chi connectivity index (χ4v) is 3.12. The molecule has 7 heteroatoms. The number of carbonyl (C=O) groups is 2. The van der Waals surface area contributed by atoms with Crippen molar-refractivity contribution in [2.75, 3.05) is 0 Å². The predicted molar refractivity (Wildman–Crippen MR) is 107 cm³/mol. The summed E-state index contributed by atoms with van der Waals surface area (Å²) in [6.07, 6.45) is 1.39. The van der Waals surface area contributed by atoms with Crippen LogP contribution in [-0.4, -0.2) is 22.1 Å². The quantitative estimate of drug-likeness (QED) is 0.654. The summed E-state index contributed by atoms with van der Waals surface area (Å²) in [6.45, 7) is 2.00. The van der Waals surface area contributed by atoms with E-state index >= 15 is 0 Å². The number of imide groups is 1. The minimum absolute atomic E-state index is 0.0846. The van der Waals surface area contributed by atoms with E-state index in [9.17, 15) is 14.9 Å². The summed E-state index contributed by atoms with van der Waals surface area (Å²) >= 11 is 0. The maximum absolute atomic E-state index is 11.6. The molecule has 0 atom stereocenters. The van der Waals surface area contributed by atoms with Crippen LogP contribution in [0.25, 0.3) is 10.8 Å². The molecular weight excluding hydrogens is 370 g/mol. The number of pyridine rings is 1. The number of rotatable bonds is 6. The molecule has 0 saturated heterocycles. The highest BCUT2D eigenvalue weighted by Gasteiger charge is 2.12. The molecule has 0 saturated carbocycles. The molecule has 1 heterocycles. The number of amides is 2. The van der Waals surface area contributed by atoms with E-state index in [-0.39, 0.29) is 6.42 Å². The van der Waals surface area contributed by atoms with Crippen molar-refractivity contribution in [3.05, 3.63) is 65.4 Å². The lowest BCUT2D eigenvalue weighted by atomic mass is 10.0. The fourth-order valence-electron chi connectivity index (χ4n) is 3.12. The summed E-state index contributed by atoms with van der Waals surface area (Å²) in [4.78, 5) is 26.4. The van der Waals surface area contributed by atoms with Crippen LogP contribution < -0.4 is 10.1 Å². The number of hydrogen-bond acceptors (Lipinski definition) is 5. The zero-order valence-electron chi connectivity index (χ0n) is 15.8. The molecule has 0 unspecified atom stereocenters. The average molecular weight is 389 g/mol. The number of nitrogens with zero attached hydrogens (tertiary/aromatic N) is 2. The lowest BCUT2D eigenvalue weighted by molar-refractivity contribution is -0.120. The van der Waals surface area contributed by atoms with E-state index in [1.165, 1.54) is 6.20 Å². The van der Waals surface area contributed by atoms with Crippen molar-refractivity contribution < 1.29 is 19.4 Å². The van der Waals surface area contributed by atoms with Gasteiger partial charge in [-0.25, -0.2) is 9.78 Å². The van der Waals surface area contributed by atoms with Gasteiger partial charge < -0.3 is 9.84 Å². The van der Waals surface area contributed by atoms with Gasteiger partial charge in [0.2, 0.25) is 11.8 Å². The first-order valence-electron chi connectivity index (χ1n) is 9.12. The van der Waals surface area contributed by atoms with E-state index < -0.39 is 12.0 Å². The molecule has 3 aromatic rings. The van der Waals surface area contributed by atoms with Gasteiger partial charge >= 0.3 is 6.09 Å². The number of nitrogens with one attached hydrogen (secondary N) is 1. The molecule has 0 aliphatic heterocycles. The number of aromatic nitrogens is 1. The highest BCUT2D eigenvalue weighted by molar-refractivity contribution is 5.91. The molecule has 0 spiro atoms. The number of carboxylic acid groups (broad SMARTS) is 1. The van der Waals surface area contributed by atoms with Crippen molar-refractivity contribution in [3.63, 3.8) is 0 Å². The van der Waals surface area contributed by atoms with Crippen LogP contribution in [0.15, 0.2) is 48.7 Å². The van der Waals surface area contributed by atoms with E-state index in [0.717, 1.165) is 28.3 Å². The summed E-state index contributed by atoms with van der Waals surface area (Å²) in [7, 11) is 0. The molecule has 3 rings (SSSR count). The first-order valence-corrected chi connectivity index (χ1v) is 9.12. The Balaban J connectivity index is 1.83. The number of carbonyl (C=O) groups excluding carboxylic acids is 1. The summed E-state index contributed by atoms with van der Waals surface area (Å²) in [6, 6.07) is 15.1. The fraction of sp³-hybridized carbons (Fsp3) is 0.182. The third kappa shape index (κ3) is 4.68. The van der Waals surface area contributed by atoms with Gasteiger partial charge in [-0.05, 0) is 42.2 Å². The van der Waals surface area contributed by atoms with Crippen LogP contribution in [0.2, 0.25) is 0 Å². The molecule has 2 aromatic carbocycles. The zero-order chi connectivity index (χ0) is 20.8. The van der Waals surface area contributed by atoms with E-state index in [1.807, 2.05) is 48.6 Å². The summed E-state index contributed by atoms with van der Waals surface area (Å²) in [5, 5.41) is 21.2. The second-order valence-electron chi connectivity index (χ2n) is 6.37. The lowest BCUT2D eigenvalue weighted by Crippen LogP contribution is -2.28. The average Bonchev–Trinajstić information content (AvgIpc) is 2.72. The maximum Gasteiger partial charge on any atom is 0.411 e. The summed E-state index contributed by atoms with van der Waals surface area (Å²) in [5.74, 6) is 0.478. The Labute approximate surface area is 167 Å². The number of ether oxygens (including phenoxy) is 1. The van der Waals surface area contributed by atoms with Crippen LogP contribution in [-0.2, 0) is 17.6 Å². The third-order valence-electron chi connectivity index (χ3n) is 4.52. The van der Waals surface area contributed by atoms with Crippen molar-refractivity contribution in [1.82, 2.24) is 10.3 Å². The second-order valence-corrected chi connectivity index (χ2v) is 6.37. The highest BCUT2D eigenvalue weighted by Crippen LogP contribution is 2.30. The van der Waals surface area contributed by atoms with Crippen molar-refractivity contribution in [2.45, 2.75) is 26.2 Å². The molecule has 0 bridgehead atoms. The zero-order valence-corrected chi connectivity index (χ0v) is 15.8. The van der Waals surface area contributed by atoms with Gasteiger partial charge in [0.1, 0.15) is 11.8 Å². The van der Waals surface area contributed by atoms with Gasteiger partial charge in [0.05, 0.1) is 5.56 Å². The lowest BCUT2D eigenvalue weighted by Gasteiger charge is -2.12. The topological polar surface area (TPSA) is 112 Å². The van der Waals surface area contributed by atoms with Crippen LogP contribution >= 0.6 is 0 Å². The third-order valence-corrected chi connectivity index (χ3v) is 4.52. The number of fused-ring (bicyclic) bond motifs is 1.